The smallest absolute Gasteiger partial charge is 0.488 e. The van der Waals surface area contributed by atoms with Crippen molar-refractivity contribution in [2.45, 2.75) is 49.9 Å². The Balaban J connectivity index is 0.000000738. The molecule has 0 spiro atoms. The highest BCUT2D eigenvalue weighted by Gasteiger charge is 2.38. The third-order valence-corrected chi connectivity index (χ3v) is 7.94. The number of nitrogens with one attached hydrogen (secondary N) is 2. The number of alkyl halides is 3. The second-order valence-corrected chi connectivity index (χ2v) is 11.2. The summed E-state index contributed by atoms with van der Waals surface area (Å²) in [6, 6.07) is 19.6. The van der Waals surface area contributed by atoms with Crippen LogP contribution in [0.2, 0.25) is 5.02 Å². The van der Waals surface area contributed by atoms with Gasteiger partial charge in [-0.15, -0.1) is 0 Å². The Morgan fingerprint density at radius 3 is 2.26 bits per heavy atom. The van der Waals surface area contributed by atoms with Crippen molar-refractivity contribution in [3.63, 3.8) is 0 Å². The largest absolute Gasteiger partial charge is 0.490 e. The summed E-state index contributed by atoms with van der Waals surface area (Å²) < 4.78 is 58.4. The van der Waals surface area contributed by atoms with Gasteiger partial charge in [0, 0.05) is 54.9 Å². The van der Waals surface area contributed by atoms with E-state index in [2.05, 4.69) is 22.8 Å². The van der Waals surface area contributed by atoms with E-state index in [1.807, 2.05) is 30.3 Å². The Bertz CT molecular complexity index is 1450. The molecule has 46 heavy (non-hydrogen) atoms. The van der Waals surface area contributed by atoms with Crippen LogP contribution in [0.1, 0.15) is 53.1 Å². The molecule has 5 N–H and O–H groups in total. The van der Waals surface area contributed by atoms with Gasteiger partial charge in [0.1, 0.15) is 6.61 Å². The van der Waals surface area contributed by atoms with Crippen LogP contribution in [0, 0.1) is 5.82 Å². The zero-order chi connectivity index (χ0) is 33.9. The Kier molecular flexibility index (Phi) is 13.8. The van der Waals surface area contributed by atoms with Crippen LogP contribution in [-0.4, -0.2) is 69.2 Å². The zero-order valence-electron chi connectivity index (χ0n) is 25.5. The summed E-state index contributed by atoms with van der Waals surface area (Å²) >= 11 is 6.68. The lowest BCUT2D eigenvalue weighted by molar-refractivity contribution is -0.192. The van der Waals surface area contributed by atoms with Crippen LogP contribution < -0.4 is 21.1 Å². The number of carboxylic acids is 1. The van der Waals surface area contributed by atoms with E-state index in [9.17, 15) is 18.0 Å². The lowest BCUT2D eigenvalue weighted by Crippen LogP contribution is -2.39. The van der Waals surface area contributed by atoms with Crippen LogP contribution in [0.25, 0.3) is 11.1 Å². The van der Waals surface area contributed by atoms with E-state index in [1.54, 1.807) is 19.2 Å². The summed E-state index contributed by atoms with van der Waals surface area (Å²) in [7, 11) is 3.06. The molecule has 0 bridgehead atoms. The Labute approximate surface area is 270 Å². The number of hydrogen-bond donors (Lipinski definition) is 4. The summed E-state index contributed by atoms with van der Waals surface area (Å²) in [5.74, 6) is -3.78. The number of halogens is 5. The molecule has 1 saturated carbocycles. The van der Waals surface area contributed by atoms with Crippen LogP contribution in [0.15, 0.2) is 60.7 Å². The molecule has 0 heterocycles. The Morgan fingerprint density at radius 2 is 1.67 bits per heavy atom. The average molecular weight is 668 g/mol. The molecule has 1 aliphatic rings. The van der Waals surface area contributed by atoms with Crippen molar-refractivity contribution in [3.8, 4) is 16.9 Å². The first-order chi connectivity index (χ1) is 21.9. The van der Waals surface area contributed by atoms with Gasteiger partial charge in [-0.1, -0.05) is 48.0 Å². The Morgan fingerprint density at radius 1 is 1.02 bits per heavy atom. The van der Waals surface area contributed by atoms with Crippen LogP contribution >= 0.6 is 11.6 Å². The fourth-order valence-electron chi connectivity index (χ4n) is 5.16. The van der Waals surface area contributed by atoms with E-state index in [0.29, 0.717) is 29.8 Å². The topological polar surface area (TPSA) is 123 Å². The number of amides is 1. The molecule has 8 nitrogen and oxygen atoms in total. The summed E-state index contributed by atoms with van der Waals surface area (Å²) in [5, 5.41) is 13.8. The quantitative estimate of drug-likeness (QED) is 0.143. The maximum absolute atomic E-state index is 16.0. The number of carboxylic acid groups (broad SMARTS) is 1. The first-order valence-corrected chi connectivity index (χ1v) is 15.0. The first-order valence-electron chi connectivity index (χ1n) is 14.7. The fourth-order valence-corrected chi connectivity index (χ4v) is 5.38. The van der Waals surface area contributed by atoms with Crippen LogP contribution in [0.5, 0.6) is 5.75 Å². The minimum Gasteiger partial charge on any atom is -0.488 e. The predicted octanol–water partition coefficient (Wildman–Crippen LogP) is 6.16. The number of methoxy groups -OCH3 is 1. The van der Waals surface area contributed by atoms with E-state index in [-0.39, 0.29) is 35.4 Å². The molecule has 1 fully saturated rings. The second kappa shape index (κ2) is 17.3. The van der Waals surface area contributed by atoms with Gasteiger partial charge in [0.05, 0.1) is 12.2 Å². The molecule has 0 radical (unpaired) electrons. The number of carbonyl (C=O) groups is 2. The lowest BCUT2D eigenvalue weighted by Gasteiger charge is -2.29. The van der Waals surface area contributed by atoms with E-state index in [4.69, 9.17) is 36.7 Å². The van der Waals surface area contributed by atoms with Crippen molar-refractivity contribution in [1.82, 2.24) is 10.6 Å². The minimum absolute atomic E-state index is 0.00883. The molecule has 3 aromatic rings. The standard InChI is InChI=1S/C31H37ClFN3O3.C2HF3O2/c1-35-31(37)24-13-15-28(39-17-16-38-2)30(33)29(24)25-18-21(8-14-27(25)32)26(20-6-4-3-5-7-20)19-36-23-11-9-22(34)10-12-23;3-2(4,5)1(6)7/h3-8,13-15,18,22-23,26,36H,9-12,16-17,19,34H2,1-2H3,(H,35,37);(H,6,7). The van der Waals surface area contributed by atoms with Crippen molar-refractivity contribution in [3.05, 3.63) is 88.2 Å². The molecule has 1 atom stereocenters. The average Bonchev–Trinajstić information content (AvgIpc) is 3.03. The number of nitrogens with two attached hydrogens (primary N) is 1. The number of benzene rings is 3. The van der Waals surface area contributed by atoms with Gasteiger partial charge in [0.2, 0.25) is 0 Å². The van der Waals surface area contributed by atoms with Gasteiger partial charge in [-0.3, -0.25) is 4.79 Å². The van der Waals surface area contributed by atoms with E-state index in [1.165, 1.54) is 13.1 Å². The third kappa shape index (κ3) is 10.1. The van der Waals surface area contributed by atoms with E-state index < -0.39 is 23.9 Å². The minimum atomic E-state index is -5.08. The molecule has 1 unspecified atom stereocenters. The highest BCUT2D eigenvalue weighted by molar-refractivity contribution is 6.33. The SMILES string of the molecule is CNC(=O)c1ccc(OCCOC)c(F)c1-c1cc(C(CNC2CCC(N)CC2)c2ccccc2)ccc1Cl.O=C(O)C(F)(F)F. The molecular weight excluding hydrogens is 630 g/mol. The predicted molar refractivity (Wildman–Crippen MR) is 168 cm³/mol. The maximum atomic E-state index is 16.0. The molecule has 1 amide bonds. The molecule has 0 aliphatic heterocycles. The maximum Gasteiger partial charge on any atom is 0.490 e. The third-order valence-electron chi connectivity index (χ3n) is 7.61. The molecule has 4 rings (SSSR count). The van der Waals surface area contributed by atoms with Gasteiger partial charge >= 0.3 is 12.1 Å². The summed E-state index contributed by atoms with van der Waals surface area (Å²) in [6.07, 6.45) is -0.956. The number of carbonyl (C=O) groups excluding carboxylic acids is 1. The Hall–Kier alpha value is -3.71. The summed E-state index contributed by atoms with van der Waals surface area (Å²) in [5.41, 5.74) is 8.93. The molecule has 13 heteroatoms. The van der Waals surface area contributed by atoms with Crippen LogP contribution in [-0.2, 0) is 9.53 Å². The van der Waals surface area contributed by atoms with Crippen molar-refractivity contribution >= 4 is 23.5 Å². The zero-order valence-corrected chi connectivity index (χ0v) is 26.3. The van der Waals surface area contributed by atoms with Crippen molar-refractivity contribution < 1.29 is 41.7 Å². The fraction of sp³-hybridized carbons (Fsp3) is 0.394. The first kappa shape index (κ1) is 36.8. The molecule has 1 aliphatic carbocycles. The molecule has 0 saturated heterocycles. The van der Waals surface area contributed by atoms with E-state index in [0.717, 1.165) is 36.8 Å². The van der Waals surface area contributed by atoms with Gasteiger partial charge in [-0.05, 0) is 61.1 Å². The van der Waals surface area contributed by atoms with Gasteiger partial charge < -0.3 is 30.9 Å². The van der Waals surface area contributed by atoms with Crippen molar-refractivity contribution in [1.29, 1.82) is 0 Å². The molecular formula is C33H38ClF4N3O5. The normalized spacial score (nSPS) is 17.0. The monoisotopic (exact) mass is 667 g/mol. The number of aliphatic carboxylic acids is 1. The summed E-state index contributed by atoms with van der Waals surface area (Å²) in [4.78, 5) is 21.7. The van der Waals surface area contributed by atoms with Crippen molar-refractivity contribution in [2.24, 2.45) is 5.73 Å². The van der Waals surface area contributed by atoms with Crippen molar-refractivity contribution in [2.75, 3.05) is 33.9 Å². The van der Waals surface area contributed by atoms with Crippen LogP contribution in [0.3, 0.4) is 0 Å². The highest BCUT2D eigenvalue weighted by Crippen LogP contribution is 2.39. The lowest BCUT2D eigenvalue weighted by atomic mass is 9.87. The number of rotatable bonds is 11. The number of hydrogen-bond acceptors (Lipinski definition) is 6. The highest BCUT2D eigenvalue weighted by atomic mass is 35.5. The van der Waals surface area contributed by atoms with Gasteiger partial charge in [0.15, 0.2) is 11.6 Å². The number of ether oxygens (including phenoxy) is 2. The molecule has 3 aromatic carbocycles. The van der Waals surface area contributed by atoms with Gasteiger partial charge in [-0.25, -0.2) is 9.18 Å². The van der Waals surface area contributed by atoms with E-state index >= 15 is 4.39 Å². The van der Waals surface area contributed by atoms with Gasteiger partial charge in [0.25, 0.3) is 5.91 Å². The molecule has 250 valence electrons. The second-order valence-electron chi connectivity index (χ2n) is 10.7. The van der Waals surface area contributed by atoms with Gasteiger partial charge in [-0.2, -0.15) is 13.2 Å². The molecule has 0 aromatic heterocycles. The summed E-state index contributed by atoms with van der Waals surface area (Å²) in [6.45, 7) is 1.19. The van der Waals surface area contributed by atoms with Crippen LogP contribution in [0.4, 0.5) is 17.6 Å².